The number of methoxy groups -OCH3 is 1. The normalized spacial score (nSPS) is 14.8. The summed E-state index contributed by atoms with van der Waals surface area (Å²) < 4.78 is 5.08. The maximum absolute atomic E-state index is 6.03. The molecule has 2 nitrogen and oxygen atoms in total. The molecule has 0 saturated heterocycles. The van der Waals surface area contributed by atoms with E-state index in [-0.39, 0.29) is 12.0 Å². The highest BCUT2D eigenvalue weighted by molar-refractivity contribution is 6.37. The minimum absolute atomic E-state index is 0.0607. The quantitative estimate of drug-likeness (QED) is 0.889. The van der Waals surface area contributed by atoms with Crippen LogP contribution >= 0.6 is 23.2 Å². The third-order valence-electron chi connectivity index (χ3n) is 2.54. The van der Waals surface area contributed by atoms with E-state index in [9.17, 15) is 0 Å². The van der Waals surface area contributed by atoms with E-state index in [2.05, 4.69) is 0 Å². The van der Waals surface area contributed by atoms with Crippen molar-refractivity contribution in [2.75, 3.05) is 7.11 Å². The van der Waals surface area contributed by atoms with Crippen molar-refractivity contribution in [3.63, 3.8) is 0 Å². The van der Waals surface area contributed by atoms with Gasteiger partial charge in [-0.2, -0.15) is 0 Å². The van der Waals surface area contributed by atoms with Crippen molar-refractivity contribution in [1.82, 2.24) is 0 Å². The fourth-order valence-electron chi connectivity index (χ4n) is 1.34. The molecule has 0 amide bonds. The van der Waals surface area contributed by atoms with Crippen LogP contribution in [0, 0.1) is 0 Å². The van der Waals surface area contributed by atoms with Crippen LogP contribution < -0.4 is 10.5 Å². The molecule has 84 valence electrons. The van der Waals surface area contributed by atoms with Gasteiger partial charge >= 0.3 is 0 Å². The lowest BCUT2D eigenvalue weighted by molar-refractivity contribution is 0.415. The standard InChI is InChI=1S/C11H15Cl2NO/c1-6(7(2)14)8-4-9(12)11(15-3)10(13)5-8/h4-7H,14H2,1-3H3. The van der Waals surface area contributed by atoms with Gasteiger partial charge in [0.1, 0.15) is 0 Å². The van der Waals surface area contributed by atoms with E-state index >= 15 is 0 Å². The number of hydrogen-bond donors (Lipinski definition) is 1. The maximum atomic E-state index is 6.03. The van der Waals surface area contributed by atoms with Crippen LogP contribution in [0.1, 0.15) is 25.3 Å². The van der Waals surface area contributed by atoms with Crippen molar-refractivity contribution in [3.05, 3.63) is 27.7 Å². The summed E-state index contributed by atoms with van der Waals surface area (Å²) in [5.74, 6) is 0.727. The Bertz CT molecular complexity index is 329. The molecule has 2 unspecified atom stereocenters. The van der Waals surface area contributed by atoms with Crippen LogP contribution in [-0.4, -0.2) is 13.2 Å². The zero-order valence-electron chi connectivity index (χ0n) is 9.05. The predicted molar refractivity (Wildman–Crippen MR) is 65.1 cm³/mol. The molecule has 1 rings (SSSR count). The van der Waals surface area contributed by atoms with Crippen LogP contribution in [0.25, 0.3) is 0 Å². The highest BCUT2D eigenvalue weighted by atomic mass is 35.5. The van der Waals surface area contributed by atoms with Gasteiger partial charge in [0.25, 0.3) is 0 Å². The van der Waals surface area contributed by atoms with Crippen molar-refractivity contribution in [3.8, 4) is 5.75 Å². The van der Waals surface area contributed by atoms with E-state index in [1.807, 2.05) is 26.0 Å². The largest absolute Gasteiger partial charge is 0.494 e. The van der Waals surface area contributed by atoms with Gasteiger partial charge in [0, 0.05) is 6.04 Å². The highest BCUT2D eigenvalue weighted by Crippen LogP contribution is 2.36. The predicted octanol–water partition coefficient (Wildman–Crippen LogP) is 3.45. The molecule has 0 aromatic heterocycles. The lowest BCUT2D eigenvalue weighted by Crippen LogP contribution is -2.22. The lowest BCUT2D eigenvalue weighted by Gasteiger charge is -2.17. The minimum atomic E-state index is 0.0607. The van der Waals surface area contributed by atoms with Crippen molar-refractivity contribution in [2.45, 2.75) is 25.8 Å². The number of nitrogens with two attached hydrogens (primary N) is 1. The van der Waals surface area contributed by atoms with Gasteiger partial charge in [0.15, 0.2) is 5.75 Å². The molecule has 1 aromatic carbocycles. The van der Waals surface area contributed by atoms with Crippen molar-refractivity contribution in [1.29, 1.82) is 0 Å². The first-order valence-corrected chi connectivity index (χ1v) is 5.51. The van der Waals surface area contributed by atoms with Crippen LogP contribution in [-0.2, 0) is 0 Å². The summed E-state index contributed by atoms with van der Waals surface area (Å²) in [5.41, 5.74) is 6.85. The fourth-order valence-corrected chi connectivity index (χ4v) is 2.00. The summed E-state index contributed by atoms with van der Waals surface area (Å²) in [4.78, 5) is 0. The molecular weight excluding hydrogens is 233 g/mol. The number of ether oxygens (including phenoxy) is 1. The van der Waals surface area contributed by atoms with Gasteiger partial charge in [0.2, 0.25) is 0 Å². The SMILES string of the molecule is COc1c(Cl)cc(C(C)C(C)N)cc1Cl. The Labute approximate surface area is 100 Å². The van der Waals surface area contributed by atoms with E-state index in [1.54, 1.807) is 7.11 Å². The Morgan fingerprint density at radius 2 is 1.67 bits per heavy atom. The molecule has 1 aromatic rings. The topological polar surface area (TPSA) is 35.2 Å². The van der Waals surface area contributed by atoms with Crippen LogP contribution in [0.15, 0.2) is 12.1 Å². The second-order valence-electron chi connectivity index (χ2n) is 3.67. The Hall–Kier alpha value is -0.440. The van der Waals surface area contributed by atoms with E-state index < -0.39 is 0 Å². The molecule has 2 N–H and O–H groups in total. The second kappa shape index (κ2) is 5.06. The molecule has 2 atom stereocenters. The summed E-state index contributed by atoms with van der Waals surface area (Å²) >= 11 is 12.1. The number of rotatable bonds is 3. The highest BCUT2D eigenvalue weighted by Gasteiger charge is 2.15. The smallest absolute Gasteiger partial charge is 0.156 e. The molecule has 4 heteroatoms. The molecule has 15 heavy (non-hydrogen) atoms. The van der Waals surface area contributed by atoms with Gasteiger partial charge in [-0.05, 0) is 30.5 Å². The van der Waals surface area contributed by atoms with Crippen molar-refractivity contribution in [2.24, 2.45) is 5.73 Å². The van der Waals surface area contributed by atoms with E-state index in [1.165, 1.54) is 0 Å². The van der Waals surface area contributed by atoms with Crippen molar-refractivity contribution < 1.29 is 4.74 Å². The first-order valence-electron chi connectivity index (χ1n) is 4.76. The molecule has 0 fully saturated rings. The van der Waals surface area contributed by atoms with Crippen LogP contribution in [0.2, 0.25) is 10.0 Å². The number of hydrogen-bond acceptors (Lipinski definition) is 2. The Kier molecular flexibility index (Phi) is 4.26. The summed E-state index contributed by atoms with van der Waals surface area (Å²) in [5, 5.41) is 1.04. The van der Waals surface area contributed by atoms with Crippen LogP contribution in [0.3, 0.4) is 0 Å². The zero-order chi connectivity index (χ0) is 11.6. The maximum Gasteiger partial charge on any atom is 0.156 e. The molecular formula is C11H15Cl2NO. The Morgan fingerprint density at radius 3 is 2.00 bits per heavy atom. The summed E-state index contributed by atoms with van der Waals surface area (Å²) in [6.45, 7) is 4.00. The Morgan fingerprint density at radius 1 is 1.20 bits per heavy atom. The average molecular weight is 248 g/mol. The summed E-state index contributed by atoms with van der Waals surface area (Å²) in [6, 6.07) is 3.76. The molecule has 0 spiro atoms. The van der Waals surface area contributed by atoms with Gasteiger partial charge in [0.05, 0.1) is 17.2 Å². The van der Waals surface area contributed by atoms with Gasteiger partial charge in [-0.3, -0.25) is 0 Å². The Balaban J connectivity index is 3.14. The first-order chi connectivity index (χ1) is 6.97. The van der Waals surface area contributed by atoms with E-state index in [4.69, 9.17) is 33.7 Å². The monoisotopic (exact) mass is 247 g/mol. The van der Waals surface area contributed by atoms with Gasteiger partial charge < -0.3 is 10.5 Å². The summed E-state index contributed by atoms with van der Waals surface area (Å²) in [7, 11) is 1.54. The van der Waals surface area contributed by atoms with Crippen LogP contribution in [0.4, 0.5) is 0 Å². The van der Waals surface area contributed by atoms with E-state index in [0.29, 0.717) is 15.8 Å². The molecule has 0 aliphatic carbocycles. The third-order valence-corrected chi connectivity index (χ3v) is 3.10. The van der Waals surface area contributed by atoms with E-state index in [0.717, 1.165) is 5.56 Å². The van der Waals surface area contributed by atoms with Crippen LogP contribution in [0.5, 0.6) is 5.75 Å². The average Bonchev–Trinajstić information content (AvgIpc) is 2.15. The lowest BCUT2D eigenvalue weighted by atomic mass is 9.95. The van der Waals surface area contributed by atoms with Crippen molar-refractivity contribution >= 4 is 23.2 Å². The second-order valence-corrected chi connectivity index (χ2v) is 4.48. The van der Waals surface area contributed by atoms with Gasteiger partial charge in [-0.1, -0.05) is 30.1 Å². The fraction of sp³-hybridized carbons (Fsp3) is 0.455. The minimum Gasteiger partial charge on any atom is -0.494 e. The third kappa shape index (κ3) is 2.77. The molecule has 0 radical (unpaired) electrons. The molecule has 0 saturated carbocycles. The zero-order valence-corrected chi connectivity index (χ0v) is 10.6. The molecule has 0 aliphatic rings. The number of benzene rings is 1. The molecule has 0 heterocycles. The summed E-state index contributed by atoms with van der Waals surface area (Å²) in [6.07, 6.45) is 0. The molecule has 0 aliphatic heterocycles. The van der Waals surface area contributed by atoms with Gasteiger partial charge in [-0.25, -0.2) is 0 Å². The molecule has 0 bridgehead atoms. The number of halogens is 2. The van der Waals surface area contributed by atoms with Gasteiger partial charge in [-0.15, -0.1) is 0 Å². The first kappa shape index (κ1) is 12.6.